The van der Waals surface area contributed by atoms with Crippen LogP contribution in [0.4, 0.5) is 5.69 Å². The van der Waals surface area contributed by atoms with Gasteiger partial charge in [-0.3, -0.25) is 14.4 Å². The van der Waals surface area contributed by atoms with Crippen molar-refractivity contribution in [3.05, 3.63) is 102 Å². The Morgan fingerprint density at radius 2 is 1.53 bits per heavy atom. The van der Waals surface area contributed by atoms with Crippen LogP contribution < -0.4 is 26.0 Å². The fraction of sp³-hybridized carbons (Fsp3) is 0.359. The first-order chi connectivity index (χ1) is 23.6. The Balaban J connectivity index is 1.06. The molecule has 4 N–H and O–H groups in total. The van der Waals surface area contributed by atoms with E-state index < -0.39 is 5.54 Å². The zero-order valence-electron chi connectivity index (χ0n) is 28.4. The van der Waals surface area contributed by atoms with Gasteiger partial charge in [0, 0.05) is 42.6 Å². The normalized spacial score (nSPS) is 11.9. The summed E-state index contributed by atoms with van der Waals surface area (Å²) in [5.41, 5.74) is 9.75. The Bertz CT molecular complexity index is 1660. The maximum atomic E-state index is 13.4. The zero-order valence-corrected chi connectivity index (χ0v) is 28.4. The minimum atomic E-state index is -0.644. The number of ether oxygens (including phenoxy) is 3. The summed E-state index contributed by atoms with van der Waals surface area (Å²) in [5.74, 6) is 6.67. The third-order valence-corrected chi connectivity index (χ3v) is 7.66. The molecule has 10 nitrogen and oxygen atoms in total. The predicted molar refractivity (Wildman–Crippen MR) is 191 cm³/mol. The number of carbonyl (C=O) groups excluding carboxylic acids is 3. The van der Waals surface area contributed by atoms with Crippen molar-refractivity contribution >= 4 is 29.1 Å². The van der Waals surface area contributed by atoms with E-state index in [1.165, 1.54) is 0 Å². The Morgan fingerprint density at radius 3 is 2.31 bits per heavy atom. The molecule has 3 aromatic rings. The molecule has 10 heteroatoms. The smallest absolute Gasteiger partial charge is 0.227 e. The van der Waals surface area contributed by atoms with Crippen LogP contribution in [-0.4, -0.2) is 62.8 Å². The lowest BCUT2D eigenvalue weighted by molar-refractivity contribution is -0.127. The van der Waals surface area contributed by atoms with E-state index in [1.807, 2.05) is 86.6 Å². The Hall–Kier alpha value is -5.11. The highest BCUT2D eigenvalue weighted by Crippen LogP contribution is 2.26. The summed E-state index contributed by atoms with van der Waals surface area (Å²) in [6, 6.07) is 22.7. The van der Waals surface area contributed by atoms with E-state index in [0.29, 0.717) is 45.0 Å². The number of hydrogen-bond donors (Lipinski definition) is 3. The molecule has 1 aliphatic heterocycles. The second-order valence-corrected chi connectivity index (χ2v) is 12.4. The predicted octanol–water partition coefficient (Wildman–Crippen LogP) is 4.55. The quantitative estimate of drug-likeness (QED) is 0.134. The number of anilines is 1. The van der Waals surface area contributed by atoms with E-state index in [0.717, 1.165) is 33.7 Å². The Kier molecular flexibility index (Phi) is 13.8. The maximum absolute atomic E-state index is 13.4. The number of nitrogens with zero attached hydrogens (tertiary/aromatic N) is 1. The minimum Gasteiger partial charge on any atom is -0.494 e. The molecule has 0 saturated carbocycles. The van der Waals surface area contributed by atoms with Gasteiger partial charge in [-0.2, -0.15) is 0 Å². The second-order valence-electron chi connectivity index (χ2n) is 12.4. The number of hydrogen-bond acceptors (Lipinski definition) is 7. The van der Waals surface area contributed by atoms with Crippen LogP contribution in [0, 0.1) is 11.8 Å². The molecule has 0 spiro atoms. The summed E-state index contributed by atoms with van der Waals surface area (Å²) < 4.78 is 16.9. The molecule has 1 aliphatic rings. The highest BCUT2D eigenvalue weighted by Gasteiger charge is 2.24. The Morgan fingerprint density at radius 1 is 0.837 bits per heavy atom. The lowest BCUT2D eigenvalue weighted by atomic mass is 10.0. The molecule has 4 rings (SSSR count). The van der Waals surface area contributed by atoms with Gasteiger partial charge in [0.15, 0.2) is 0 Å². The molecule has 3 amide bonds. The van der Waals surface area contributed by atoms with Gasteiger partial charge in [-0.15, -0.1) is 0 Å². The molecule has 1 heterocycles. The molecule has 3 aromatic carbocycles. The van der Waals surface area contributed by atoms with Gasteiger partial charge in [0.1, 0.15) is 5.75 Å². The van der Waals surface area contributed by atoms with E-state index in [-0.39, 0.29) is 50.2 Å². The van der Waals surface area contributed by atoms with Gasteiger partial charge in [0.2, 0.25) is 17.7 Å². The van der Waals surface area contributed by atoms with Crippen LogP contribution in [0.2, 0.25) is 0 Å². The number of nitrogens with two attached hydrogens (primary N) is 1. The summed E-state index contributed by atoms with van der Waals surface area (Å²) in [4.78, 5) is 40.0. The zero-order chi connectivity index (χ0) is 35.1. The SMILES string of the molecule is C=C(N)c1ccc(OCCCNC(=O)CCOCCOCC(C)(C)NC(=O)CCC(=O)N2Cc3ccccc3C#Cc3ccccc32)cc1. The first kappa shape index (κ1) is 36.7. The topological polar surface area (TPSA) is 132 Å². The van der Waals surface area contributed by atoms with Crippen LogP contribution in [-0.2, 0) is 30.4 Å². The number of rotatable bonds is 18. The lowest BCUT2D eigenvalue weighted by Gasteiger charge is -2.27. The van der Waals surface area contributed by atoms with Crippen molar-refractivity contribution in [3.63, 3.8) is 0 Å². The van der Waals surface area contributed by atoms with Crippen LogP contribution in [0.5, 0.6) is 5.75 Å². The summed E-state index contributed by atoms with van der Waals surface area (Å²) >= 11 is 0. The molecule has 0 saturated heterocycles. The molecular formula is C39H46N4O6. The molecule has 0 radical (unpaired) electrons. The molecule has 0 atom stereocenters. The van der Waals surface area contributed by atoms with Gasteiger partial charge >= 0.3 is 0 Å². The highest BCUT2D eigenvalue weighted by atomic mass is 16.5. The average Bonchev–Trinajstić information content (AvgIpc) is 3.07. The molecule has 0 unspecified atom stereocenters. The minimum absolute atomic E-state index is 0.0479. The Labute approximate surface area is 289 Å². The largest absolute Gasteiger partial charge is 0.494 e. The van der Waals surface area contributed by atoms with E-state index in [9.17, 15) is 14.4 Å². The average molecular weight is 667 g/mol. The number of fused-ring (bicyclic) bond motifs is 2. The van der Waals surface area contributed by atoms with Crippen LogP contribution in [0.3, 0.4) is 0 Å². The molecular weight excluding hydrogens is 620 g/mol. The number of amides is 3. The first-order valence-electron chi connectivity index (χ1n) is 16.5. The summed E-state index contributed by atoms with van der Waals surface area (Å²) in [7, 11) is 0. The molecule has 258 valence electrons. The summed E-state index contributed by atoms with van der Waals surface area (Å²) in [6.07, 6.45) is 1.02. The van der Waals surface area contributed by atoms with Crippen molar-refractivity contribution in [3.8, 4) is 17.6 Å². The molecule has 0 aliphatic carbocycles. The first-order valence-corrected chi connectivity index (χ1v) is 16.5. The van der Waals surface area contributed by atoms with Gasteiger partial charge in [-0.05, 0) is 73.9 Å². The van der Waals surface area contributed by atoms with E-state index in [4.69, 9.17) is 19.9 Å². The van der Waals surface area contributed by atoms with Crippen LogP contribution >= 0.6 is 0 Å². The fourth-order valence-electron chi connectivity index (χ4n) is 5.09. The van der Waals surface area contributed by atoms with Crippen molar-refractivity contribution in [2.45, 2.75) is 51.6 Å². The van der Waals surface area contributed by atoms with Gasteiger partial charge in [0.25, 0.3) is 0 Å². The molecule has 0 fully saturated rings. The van der Waals surface area contributed by atoms with Crippen molar-refractivity contribution in [1.29, 1.82) is 0 Å². The second kappa shape index (κ2) is 18.4. The van der Waals surface area contributed by atoms with Gasteiger partial charge in [-0.1, -0.05) is 48.8 Å². The summed E-state index contributed by atoms with van der Waals surface area (Å²) in [5, 5.41) is 5.82. The van der Waals surface area contributed by atoms with Crippen molar-refractivity contribution in [2.75, 3.05) is 44.5 Å². The number of benzene rings is 3. The van der Waals surface area contributed by atoms with E-state index >= 15 is 0 Å². The molecule has 0 bridgehead atoms. The third-order valence-electron chi connectivity index (χ3n) is 7.66. The monoisotopic (exact) mass is 666 g/mol. The fourth-order valence-corrected chi connectivity index (χ4v) is 5.09. The van der Waals surface area contributed by atoms with Crippen LogP contribution in [0.15, 0.2) is 79.4 Å². The van der Waals surface area contributed by atoms with Gasteiger partial charge in [-0.25, -0.2) is 0 Å². The highest BCUT2D eigenvalue weighted by molar-refractivity contribution is 5.97. The van der Waals surface area contributed by atoms with E-state index in [1.54, 1.807) is 4.90 Å². The van der Waals surface area contributed by atoms with Gasteiger partial charge < -0.3 is 35.5 Å². The summed E-state index contributed by atoms with van der Waals surface area (Å²) in [6.45, 7) is 9.97. The maximum Gasteiger partial charge on any atom is 0.227 e. The standard InChI is InChI=1S/C39H46N4O6/c1-29(40)30-15-17-34(18-16-30)49-23-8-22-41-36(44)21-24-47-25-26-48-28-39(2,3)42-37(45)19-20-38(46)43-27-33-11-5-4-9-31(33)13-14-32-10-6-7-12-35(32)43/h4-7,9-12,15-18H,1,8,19-28,40H2,2-3H3,(H,41,44)(H,42,45). The number of nitrogens with one attached hydrogen (secondary N) is 2. The third kappa shape index (κ3) is 12.1. The van der Waals surface area contributed by atoms with Gasteiger partial charge in [0.05, 0.1) is 50.8 Å². The van der Waals surface area contributed by atoms with E-state index in [2.05, 4.69) is 29.1 Å². The number of para-hydroxylation sites is 1. The van der Waals surface area contributed by atoms with Crippen LogP contribution in [0.1, 0.15) is 61.8 Å². The van der Waals surface area contributed by atoms with Crippen molar-refractivity contribution < 1.29 is 28.6 Å². The van der Waals surface area contributed by atoms with Crippen molar-refractivity contribution in [1.82, 2.24) is 10.6 Å². The van der Waals surface area contributed by atoms with Crippen LogP contribution in [0.25, 0.3) is 5.70 Å². The van der Waals surface area contributed by atoms with Crippen molar-refractivity contribution in [2.24, 2.45) is 5.73 Å². The molecule has 0 aromatic heterocycles. The number of carbonyl (C=O) groups is 3. The lowest BCUT2D eigenvalue weighted by Crippen LogP contribution is -2.47. The molecule has 49 heavy (non-hydrogen) atoms.